The van der Waals surface area contributed by atoms with E-state index in [0.717, 1.165) is 0 Å². The van der Waals surface area contributed by atoms with Crippen molar-refractivity contribution in [2.45, 2.75) is 26.4 Å². The zero-order valence-electron chi connectivity index (χ0n) is 9.78. The van der Waals surface area contributed by atoms with Crippen molar-refractivity contribution in [2.75, 3.05) is 0 Å². The first-order chi connectivity index (χ1) is 7.31. The molecule has 16 heavy (non-hydrogen) atoms. The van der Waals surface area contributed by atoms with Gasteiger partial charge in [0.25, 0.3) is 0 Å². The molecule has 1 aromatic rings. The maximum atomic E-state index is 11.7. The fourth-order valence-electron chi connectivity index (χ4n) is 1.21. The van der Waals surface area contributed by atoms with Crippen LogP contribution in [0.3, 0.4) is 0 Å². The molecular formula is C13H16O3. The number of hydrogen-bond acceptors (Lipinski definition) is 3. The van der Waals surface area contributed by atoms with E-state index in [0.29, 0.717) is 11.1 Å². The number of rotatable bonds is 2. The van der Waals surface area contributed by atoms with Gasteiger partial charge in [-0.1, -0.05) is 12.7 Å². The highest BCUT2D eigenvalue weighted by Gasteiger charge is 2.18. The number of esters is 1. The van der Waals surface area contributed by atoms with Gasteiger partial charge in [-0.05, 0) is 44.5 Å². The fraction of sp³-hybridized carbons (Fsp3) is 0.308. The Morgan fingerprint density at radius 3 is 2.50 bits per heavy atom. The lowest BCUT2D eigenvalue weighted by Gasteiger charge is -2.19. The lowest BCUT2D eigenvalue weighted by molar-refractivity contribution is 0.00691. The van der Waals surface area contributed by atoms with Crippen LogP contribution in [0.5, 0.6) is 5.75 Å². The van der Waals surface area contributed by atoms with Gasteiger partial charge in [0.1, 0.15) is 11.4 Å². The first-order valence-electron chi connectivity index (χ1n) is 5.01. The van der Waals surface area contributed by atoms with E-state index >= 15 is 0 Å². The Morgan fingerprint density at radius 1 is 1.38 bits per heavy atom. The quantitative estimate of drug-likeness (QED) is 0.779. The Bertz CT molecular complexity index is 414. The van der Waals surface area contributed by atoms with Gasteiger partial charge < -0.3 is 9.84 Å². The fourth-order valence-corrected chi connectivity index (χ4v) is 1.21. The summed E-state index contributed by atoms with van der Waals surface area (Å²) in [5, 5.41) is 9.42. The summed E-state index contributed by atoms with van der Waals surface area (Å²) < 4.78 is 5.19. The molecule has 0 amide bonds. The number of hydrogen-bond donors (Lipinski definition) is 1. The molecule has 0 unspecified atom stereocenters. The minimum atomic E-state index is -0.545. The van der Waals surface area contributed by atoms with E-state index in [-0.39, 0.29) is 5.75 Å². The van der Waals surface area contributed by atoms with Crippen molar-refractivity contribution < 1.29 is 14.6 Å². The topological polar surface area (TPSA) is 46.5 Å². The third-order valence-corrected chi connectivity index (χ3v) is 1.81. The van der Waals surface area contributed by atoms with Crippen LogP contribution in [0.25, 0.3) is 6.08 Å². The zero-order valence-corrected chi connectivity index (χ0v) is 9.78. The van der Waals surface area contributed by atoms with E-state index in [1.54, 1.807) is 32.9 Å². The van der Waals surface area contributed by atoms with Gasteiger partial charge in [0.15, 0.2) is 0 Å². The summed E-state index contributed by atoms with van der Waals surface area (Å²) in [4.78, 5) is 11.7. The summed E-state index contributed by atoms with van der Waals surface area (Å²) >= 11 is 0. The van der Waals surface area contributed by atoms with Gasteiger partial charge in [0.05, 0.1) is 5.56 Å². The molecule has 86 valence electrons. The first kappa shape index (κ1) is 12.3. The summed E-state index contributed by atoms with van der Waals surface area (Å²) in [6.07, 6.45) is 1.56. The van der Waals surface area contributed by atoms with E-state index in [9.17, 15) is 9.90 Å². The molecule has 0 atom stereocenters. The Balaban J connectivity index is 3.00. The van der Waals surface area contributed by atoms with Crippen molar-refractivity contribution in [1.82, 2.24) is 0 Å². The molecule has 1 N–H and O–H groups in total. The van der Waals surface area contributed by atoms with Gasteiger partial charge in [-0.15, -0.1) is 0 Å². The number of phenols is 1. The van der Waals surface area contributed by atoms with Gasteiger partial charge in [0, 0.05) is 0 Å². The molecule has 0 bridgehead atoms. The molecular weight excluding hydrogens is 204 g/mol. The largest absolute Gasteiger partial charge is 0.508 e. The number of ether oxygens (including phenoxy) is 1. The van der Waals surface area contributed by atoms with E-state index < -0.39 is 11.6 Å². The molecule has 1 aromatic carbocycles. The third-order valence-electron chi connectivity index (χ3n) is 1.81. The van der Waals surface area contributed by atoms with Crippen molar-refractivity contribution in [2.24, 2.45) is 0 Å². The van der Waals surface area contributed by atoms with Crippen LogP contribution in [0.15, 0.2) is 24.8 Å². The van der Waals surface area contributed by atoms with Crippen LogP contribution < -0.4 is 0 Å². The van der Waals surface area contributed by atoms with Crippen molar-refractivity contribution in [3.63, 3.8) is 0 Å². The summed E-state index contributed by atoms with van der Waals surface area (Å²) in [6, 6.07) is 4.53. The molecule has 0 aliphatic heterocycles. The number of aromatic hydroxyl groups is 1. The third kappa shape index (κ3) is 3.42. The van der Waals surface area contributed by atoms with Crippen LogP contribution in [-0.2, 0) is 4.74 Å². The van der Waals surface area contributed by atoms with Gasteiger partial charge >= 0.3 is 5.97 Å². The van der Waals surface area contributed by atoms with Crippen LogP contribution in [0, 0.1) is 0 Å². The molecule has 3 heteroatoms. The molecule has 1 rings (SSSR count). The minimum Gasteiger partial charge on any atom is -0.508 e. The van der Waals surface area contributed by atoms with E-state index in [1.165, 1.54) is 12.1 Å². The molecule has 0 heterocycles. The predicted molar refractivity (Wildman–Crippen MR) is 63.4 cm³/mol. The normalized spacial score (nSPS) is 10.9. The van der Waals surface area contributed by atoms with Crippen molar-refractivity contribution in [3.05, 3.63) is 35.9 Å². The number of benzene rings is 1. The maximum Gasteiger partial charge on any atom is 0.338 e. The highest BCUT2D eigenvalue weighted by atomic mass is 16.6. The zero-order chi connectivity index (χ0) is 12.3. The van der Waals surface area contributed by atoms with Crippen LogP contribution in [-0.4, -0.2) is 16.7 Å². The average molecular weight is 220 g/mol. The molecule has 3 nitrogen and oxygen atoms in total. The van der Waals surface area contributed by atoms with E-state index in [1.807, 2.05) is 0 Å². The number of carbonyl (C=O) groups is 1. The van der Waals surface area contributed by atoms with Crippen molar-refractivity contribution in [3.8, 4) is 5.75 Å². The molecule has 0 saturated heterocycles. The molecule has 0 aliphatic rings. The Morgan fingerprint density at radius 2 is 2.00 bits per heavy atom. The molecule has 0 saturated carbocycles. The second-order valence-corrected chi connectivity index (χ2v) is 4.52. The molecule has 0 radical (unpaired) electrons. The van der Waals surface area contributed by atoms with Crippen LogP contribution in [0.2, 0.25) is 0 Å². The highest BCUT2D eigenvalue weighted by molar-refractivity contribution is 5.91. The van der Waals surface area contributed by atoms with Crippen LogP contribution >= 0.6 is 0 Å². The lowest BCUT2D eigenvalue weighted by Crippen LogP contribution is -2.23. The highest BCUT2D eigenvalue weighted by Crippen LogP contribution is 2.19. The summed E-state index contributed by atoms with van der Waals surface area (Å²) in [7, 11) is 0. The monoisotopic (exact) mass is 220 g/mol. The van der Waals surface area contributed by atoms with Crippen molar-refractivity contribution in [1.29, 1.82) is 0 Å². The van der Waals surface area contributed by atoms with Gasteiger partial charge in [0.2, 0.25) is 0 Å². The van der Waals surface area contributed by atoms with E-state index in [2.05, 4.69) is 6.58 Å². The van der Waals surface area contributed by atoms with Crippen LogP contribution in [0.4, 0.5) is 0 Å². The van der Waals surface area contributed by atoms with Gasteiger partial charge in [-0.25, -0.2) is 4.79 Å². The minimum absolute atomic E-state index is 0.0262. The first-order valence-corrected chi connectivity index (χ1v) is 5.01. The number of carbonyl (C=O) groups excluding carboxylic acids is 1. The predicted octanol–water partition coefficient (Wildman–Crippen LogP) is 2.99. The van der Waals surface area contributed by atoms with Crippen molar-refractivity contribution >= 4 is 12.0 Å². The smallest absolute Gasteiger partial charge is 0.338 e. The standard InChI is InChI=1S/C13H16O3/c1-5-9-6-10(8-11(14)7-9)12(15)16-13(2,3)4/h5-8,14H,1H2,2-4H3. The van der Waals surface area contributed by atoms with Gasteiger partial charge in [-0.2, -0.15) is 0 Å². The molecule has 0 spiro atoms. The summed E-state index contributed by atoms with van der Waals surface area (Å²) in [6.45, 7) is 8.97. The maximum absolute atomic E-state index is 11.7. The lowest BCUT2D eigenvalue weighted by atomic mass is 10.1. The molecule has 0 aromatic heterocycles. The Kier molecular flexibility index (Phi) is 3.38. The van der Waals surface area contributed by atoms with E-state index in [4.69, 9.17) is 4.74 Å². The summed E-state index contributed by atoms with van der Waals surface area (Å²) in [5.74, 6) is -0.426. The summed E-state index contributed by atoms with van der Waals surface area (Å²) in [5.41, 5.74) is 0.461. The molecule has 0 aliphatic carbocycles. The van der Waals surface area contributed by atoms with Gasteiger partial charge in [-0.3, -0.25) is 0 Å². The van der Waals surface area contributed by atoms with Crippen LogP contribution in [0.1, 0.15) is 36.7 Å². The second kappa shape index (κ2) is 4.39. The molecule has 0 fully saturated rings. The second-order valence-electron chi connectivity index (χ2n) is 4.52. The Hall–Kier alpha value is -1.77. The average Bonchev–Trinajstić information content (AvgIpc) is 2.14. The number of phenolic OH excluding ortho intramolecular Hbond substituents is 1. The SMILES string of the molecule is C=Cc1cc(O)cc(C(=O)OC(C)(C)C)c1. The Labute approximate surface area is 95.4 Å².